The predicted octanol–water partition coefficient (Wildman–Crippen LogP) is 8.56. The van der Waals surface area contributed by atoms with Gasteiger partial charge in [0, 0.05) is 0 Å². The average molecular weight is 387 g/mol. The second-order valence-corrected chi connectivity index (χ2v) is 8.34. The Morgan fingerprint density at radius 1 is 0.367 bits per heavy atom. The van der Waals surface area contributed by atoms with Crippen LogP contribution in [0.15, 0.2) is 84.9 Å². The zero-order chi connectivity index (χ0) is 20.8. The van der Waals surface area contributed by atoms with Gasteiger partial charge in [0.25, 0.3) is 0 Å². The van der Waals surface area contributed by atoms with Crippen LogP contribution >= 0.6 is 0 Å². The molecule has 5 aromatic carbocycles. The van der Waals surface area contributed by atoms with Crippen molar-refractivity contribution in [1.29, 1.82) is 0 Å². The van der Waals surface area contributed by atoms with E-state index in [1.807, 2.05) is 0 Å². The van der Waals surface area contributed by atoms with Crippen LogP contribution in [0, 0.1) is 27.7 Å². The fourth-order valence-electron chi connectivity index (χ4n) is 4.74. The van der Waals surface area contributed by atoms with Crippen molar-refractivity contribution >= 4 is 21.5 Å². The Kier molecular flexibility index (Phi) is 4.44. The van der Waals surface area contributed by atoms with Crippen molar-refractivity contribution < 1.29 is 0 Å². The maximum Gasteiger partial charge on any atom is -0.00175 e. The van der Waals surface area contributed by atoms with Crippen LogP contribution in [0.4, 0.5) is 0 Å². The summed E-state index contributed by atoms with van der Waals surface area (Å²) in [6.07, 6.45) is 0. The van der Waals surface area contributed by atoms with Crippen molar-refractivity contribution in [3.8, 4) is 22.3 Å². The van der Waals surface area contributed by atoms with Crippen LogP contribution in [0.3, 0.4) is 0 Å². The molecule has 0 saturated heterocycles. The first-order valence-corrected chi connectivity index (χ1v) is 10.6. The molecule has 0 atom stereocenters. The Hall–Kier alpha value is -3.38. The van der Waals surface area contributed by atoms with E-state index >= 15 is 0 Å². The fourth-order valence-corrected chi connectivity index (χ4v) is 4.74. The zero-order valence-corrected chi connectivity index (χ0v) is 18.1. The van der Waals surface area contributed by atoms with Crippen LogP contribution in [0.25, 0.3) is 43.8 Å². The Morgan fingerprint density at radius 3 is 1.13 bits per heavy atom. The topological polar surface area (TPSA) is 0 Å². The quantitative estimate of drug-likeness (QED) is 0.267. The maximum atomic E-state index is 2.29. The molecule has 0 aromatic heterocycles. The van der Waals surface area contributed by atoms with E-state index in [2.05, 4.69) is 113 Å². The first kappa shape index (κ1) is 18.6. The van der Waals surface area contributed by atoms with E-state index in [0.29, 0.717) is 0 Å². The SMILES string of the molecule is Cc1cccc(-c2c(-c3cccc(C)c3C)c3ccccc3c3ccccc23)c1C. The number of hydrogen-bond donors (Lipinski definition) is 0. The summed E-state index contributed by atoms with van der Waals surface area (Å²) in [6.45, 7) is 8.92. The van der Waals surface area contributed by atoms with E-state index < -0.39 is 0 Å². The van der Waals surface area contributed by atoms with Gasteiger partial charge in [0.15, 0.2) is 0 Å². The van der Waals surface area contributed by atoms with Gasteiger partial charge in [0.2, 0.25) is 0 Å². The van der Waals surface area contributed by atoms with Crippen molar-refractivity contribution in [3.05, 3.63) is 107 Å². The van der Waals surface area contributed by atoms with Crippen LogP contribution < -0.4 is 0 Å². The lowest BCUT2D eigenvalue weighted by Crippen LogP contribution is -1.96. The second-order valence-electron chi connectivity index (χ2n) is 8.34. The summed E-state index contributed by atoms with van der Waals surface area (Å²) in [5.74, 6) is 0. The lowest BCUT2D eigenvalue weighted by atomic mass is 9.82. The van der Waals surface area contributed by atoms with Crippen LogP contribution in [-0.4, -0.2) is 0 Å². The molecule has 0 amide bonds. The summed E-state index contributed by atoms with van der Waals surface area (Å²) in [4.78, 5) is 0. The molecule has 0 aliphatic rings. The molecule has 0 spiro atoms. The van der Waals surface area contributed by atoms with E-state index in [1.54, 1.807) is 0 Å². The highest BCUT2D eigenvalue weighted by molar-refractivity contribution is 6.22. The molecule has 0 radical (unpaired) electrons. The van der Waals surface area contributed by atoms with Gasteiger partial charge in [-0.3, -0.25) is 0 Å². The number of fused-ring (bicyclic) bond motifs is 3. The molecule has 0 N–H and O–H groups in total. The molecule has 5 aromatic rings. The Bertz CT molecular complexity index is 1310. The van der Waals surface area contributed by atoms with Gasteiger partial charge in [-0.15, -0.1) is 0 Å². The molecule has 146 valence electrons. The molecule has 0 nitrogen and oxygen atoms in total. The second kappa shape index (κ2) is 7.15. The molecular formula is C30H26. The van der Waals surface area contributed by atoms with Gasteiger partial charge in [-0.05, 0) is 93.7 Å². The first-order valence-electron chi connectivity index (χ1n) is 10.6. The van der Waals surface area contributed by atoms with Gasteiger partial charge in [0.1, 0.15) is 0 Å². The first-order chi connectivity index (χ1) is 14.6. The molecule has 30 heavy (non-hydrogen) atoms. The summed E-state index contributed by atoms with van der Waals surface area (Å²) in [5.41, 5.74) is 10.7. The summed E-state index contributed by atoms with van der Waals surface area (Å²) >= 11 is 0. The van der Waals surface area contributed by atoms with Crippen LogP contribution in [0.1, 0.15) is 22.3 Å². The monoisotopic (exact) mass is 386 g/mol. The molecule has 0 bridgehead atoms. The van der Waals surface area contributed by atoms with E-state index in [0.717, 1.165) is 0 Å². The van der Waals surface area contributed by atoms with Crippen molar-refractivity contribution in [2.45, 2.75) is 27.7 Å². The highest BCUT2D eigenvalue weighted by Gasteiger charge is 2.20. The summed E-state index contributed by atoms with van der Waals surface area (Å²) in [7, 11) is 0. The Labute approximate surface area is 178 Å². The molecule has 0 aliphatic heterocycles. The Morgan fingerprint density at radius 2 is 0.733 bits per heavy atom. The molecule has 0 unspecified atom stereocenters. The summed E-state index contributed by atoms with van der Waals surface area (Å²) in [5, 5.41) is 5.28. The predicted molar refractivity (Wildman–Crippen MR) is 131 cm³/mol. The van der Waals surface area contributed by atoms with E-state index in [4.69, 9.17) is 0 Å². The highest BCUT2D eigenvalue weighted by atomic mass is 14.2. The Balaban J connectivity index is 2.09. The van der Waals surface area contributed by atoms with Crippen LogP contribution in [0.2, 0.25) is 0 Å². The van der Waals surface area contributed by atoms with Gasteiger partial charge in [0.05, 0.1) is 0 Å². The normalized spacial score (nSPS) is 11.3. The van der Waals surface area contributed by atoms with Gasteiger partial charge in [-0.2, -0.15) is 0 Å². The molecule has 0 fully saturated rings. The van der Waals surface area contributed by atoms with Crippen LogP contribution in [-0.2, 0) is 0 Å². The highest BCUT2D eigenvalue weighted by Crippen LogP contribution is 2.46. The van der Waals surface area contributed by atoms with Gasteiger partial charge < -0.3 is 0 Å². The fraction of sp³-hybridized carbons (Fsp3) is 0.133. The lowest BCUT2D eigenvalue weighted by molar-refractivity contribution is 1.33. The lowest BCUT2D eigenvalue weighted by Gasteiger charge is -2.22. The minimum atomic E-state index is 1.32. The maximum absolute atomic E-state index is 2.29. The molecule has 0 heteroatoms. The van der Waals surface area contributed by atoms with E-state index in [-0.39, 0.29) is 0 Å². The largest absolute Gasteiger partial charge is 0.0616 e. The summed E-state index contributed by atoms with van der Waals surface area (Å²) in [6, 6.07) is 31.1. The van der Waals surface area contributed by atoms with Crippen molar-refractivity contribution in [3.63, 3.8) is 0 Å². The number of hydrogen-bond acceptors (Lipinski definition) is 0. The summed E-state index contributed by atoms with van der Waals surface area (Å²) < 4.78 is 0. The smallest absolute Gasteiger partial charge is 0.00175 e. The molecule has 0 saturated carbocycles. The number of aryl methyl sites for hydroxylation is 2. The number of rotatable bonds is 2. The van der Waals surface area contributed by atoms with Gasteiger partial charge >= 0.3 is 0 Å². The van der Waals surface area contributed by atoms with Crippen molar-refractivity contribution in [1.82, 2.24) is 0 Å². The third-order valence-corrected chi connectivity index (χ3v) is 6.68. The minimum absolute atomic E-state index is 1.32. The number of benzene rings is 5. The third kappa shape index (κ3) is 2.75. The van der Waals surface area contributed by atoms with Crippen LogP contribution in [0.5, 0.6) is 0 Å². The third-order valence-electron chi connectivity index (χ3n) is 6.68. The minimum Gasteiger partial charge on any atom is -0.0616 e. The molecule has 5 rings (SSSR count). The molecule has 0 heterocycles. The van der Waals surface area contributed by atoms with E-state index in [9.17, 15) is 0 Å². The molecular weight excluding hydrogens is 360 g/mol. The van der Waals surface area contributed by atoms with Crippen molar-refractivity contribution in [2.75, 3.05) is 0 Å². The molecule has 0 aliphatic carbocycles. The van der Waals surface area contributed by atoms with Gasteiger partial charge in [-0.1, -0.05) is 84.9 Å². The standard InChI is InChI=1S/C30H26/c1-19-11-9-17-23(21(19)3)29-27-15-7-5-13-25(27)26-14-6-8-16-28(26)30(29)24-18-10-12-20(2)22(24)4/h5-18H,1-4H3. The average Bonchev–Trinajstić information content (AvgIpc) is 2.77. The zero-order valence-electron chi connectivity index (χ0n) is 18.1. The van der Waals surface area contributed by atoms with Crippen molar-refractivity contribution in [2.24, 2.45) is 0 Å². The van der Waals surface area contributed by atoms with E-state index in [1.165, 1.54) is 66.1 Å². The van der Waals surface area contributed by atoms with Gasteiger partial charge in [-0.25, -0.2) is 0 Å².